The van der Waals surface area contributed by atoms with Gasteiger partial charge >= 0.3 is 0 Å². The molecule has 3 atom stereocenters. The number of phenols is 1. The van der Waals surface area contributed by atoms with Gasteiger partial charge in [-0.15, -0.1) is 0 Å². The average molecular weight is 774 g/mol. The maximum Gasteiger partial charge on any atom is 0.265 e. The number of rotatable bonds is 10. The SMILES string of the molecule is Cc1ccc(S(=O)(=O)N2C(CN(Cc3cc(Br)cc(Br)c3O)[C@H](C)c3ccccc3)=N[C@H](c3ccccc3)[C@H]2c2ccccc2)cc1. The Balaban J connectivity index is 1.52. The molecule has 0 spiro atoms. The van der Waals surface area contributed by atoms with Gasteiger partial charge in [-0.2, -0.15) is 0 Å². The minimum absolute atomic E-state index is 0.139. The molecule has 1 heterocycles. The number of phenolic OH excluding ortho intramolecular Hbond substituents is 1. The Kier molecular flexibility index (Phi) is 9.98. The summed E-state index contributed by atoms with van der Waals surface area (Å²) in [5, 5.41) is 11.1. The first-order chi connectivity index (χ1) is 22.6. The zero-order chi connectivity index (χ0) is 33.1. The van der Waals surface area contributed by atoms with E-state index in [2.05, 4.69) is 55.8 Å². The van der Waals surface area contributed by atoms with E-state index in [-0.39, 0.29) is 23.2 Å². The van der Waals surface area contributed by atoms with E-state index >= 15 is 0 Å². The van der Waals surface area contributed by atoms with Crippen LogP contribution in [0.2, 0.25) is 0 Å². The fourth-order valence-corrected chi connectivity index (χ4v) is 9.03. The Morgan fingerprint density at radius 2 is 1.38 bits per heavy atom. The summed E-state index contributed by atoms with van der Waals surface area (Å²) in [7, 11) is -4.06. The molecule has 5 aromatic carbocycles. The lowest BCUT2D eigenvalue weighted by atomic mass is 9.95. The van der Waals surface area contributed by atoms with Gasteiger partial charge in [0.15, 0.2) is 0 Å². The number of sulfonamides is 1. The molecule has 0 bridgehead atoms. The molecule has 1 aliphatic heterocycles. The third-order valence-electron chi connectivity index (χ3n) is 8.61. The fourth-order valence-electron chi connectivity index (χ4n) is 6.09. The molecular weight excluding hydrogens is 738 g/mol. The molecule has 0 fully saturated rings. The van der Waals surface area contributed by atoms with E-state index in [0.29, 0.717) is 22.4 Å². The number of aromatic hydroxyl groups is 1. The van der Waals surface area contributed by atoms with Crippen LogP contribution < -0.4 is 0 Å². The van der Waals surface area contributed by atoms with E-state index in [9.17, 15) is 13.5 Å². The van der Waals surface area contributed by atoms with E-state index in [0.717, 1.165) is 26.7 Å². The minimum Gasteiger partial charge on any atom is -0.506 e. The van der Waals surface area contributed by atoms with Crippen LogP contribution >= 0.6 is 31.9 Å². The lowest BCUT2D eigenvalue weighted by molar-refractivity contribution is 0.224. The maximum absolute atomic E-state index is 14.8. The summed E-state index contributed by atoms with van der Waals surface area (Å²) in [6.45, 7) is 4.58. The Morgan fingerprint density at radius 3 is 2.00 bits per heavy atom. The van der Waals surface area contributed by atoms with Gasteiger partial charge in [-0.3, -0.25) is 9.89 Å². The molecule has 0 aliphatic carbocycles. The molecule has 6 rings (SSSR count). The highest BCUT2D eigenvalue weighted by atomic mass is 79.9. The zero-order valence-electron chi connectivity index (χ0n) is 26.0. The standard InChI is InChI=1S/C38H35Br2N3O3S/c1-26-18-20-33(21-19-26)47(45,46)43-35(41-36(29-14-8-4-9-15-29)37(43)30-16-10-5-11-17-30)25-42(27(2)28-12-6-3-7-13-28)24-31-22-32(39)23-34(40)38(31)44/h3-23,27,36-37,44H,24-25H2,1-2H3/t27-,36-,37-/m1/s1. The van der Waals surface area contributed by atoms with E-state index in [1.54, 1.807) is 18.2 Å². The van der Waals surface area contributed by atoms with Crippen molar-refractivity contribution in [1.82, 2.24) is 9.21 Å². The second kappa shape index (κ2) is 14.2. The number of aliphatic imine (C=N–C) groups is 1. The van der Waals surface area contributed by atoms with Crippen LogP contribution in [0.15, 0.2) is 146 Å². The fraction of sp³-hybridized carbons (Fsp3) is 0.184. The summed E-state index contributed by atoms with van der Waals surface area (Å²) < 4.78 is 32.6. The van der Waals surface area contributed by atoms with Crippen molar-refractivity contribution >= 4 is 47.7 Å². The smallest absolute Gasteiger partial charge is 0.265 e. The van der Waals surface area contributed by atoms with Gasteiger partial charge in [-0.1, -0.05) is 125 Å². The minimum atomic E-state index is -4.06. The number of nitrogens with zero attached hydrogens (tertiary/aromatic N) is 3. The Morgan fingerprint density at radius 1 is 0.809 bits per heavy atom. The molecule has 240 valence electrons. The number of benzene rings is 5. The van der Waals surface area contributed by atoms with E-state index in [1.165, 1.54) is 4.31 Å². The first kappa shape index (κ1) is 33.2. The predicted octanol–water partition coefficient (Wildman–Crippen LogP) is 9.37. The van der Waals surface area contributed by atoms with Crippen LogP contribution in [-0.4, -0.2) is 35.1 Å². The van der Waals surface area contributed by atoms with Crippen LogP contribution in [-0.2, 0) is 16.6 Å². The number of hydrogen-bond acceptors (Lipinski definition) is 5. The van der Waals surface area contributed by atoms with Gasteiger partial charge < -0.3 is 5.11 Å². The van der Waals surface area contributed by atoms with Crippen LogP contribution in [0.4, 0.5) is 0 Å². The Hall–Kier alpha value is -3.76. The quantitative estimate of drug-likeness (QED) is 0.154. The maximum atomic E-state index is 14.8. The molecule has 0 aromatic heterocycles. The summed E-state index contributed by atoms with van der Waals surface area (Å²) in [5.74, 6) is 0.574. The monoisotopic (exact) mass is 771 g/mol. The van der Waals surface area contributed by atoms with Gasteiger partial charge in [0.1, 0.15) is 17.6 Å². The van der Waals surface area contributed by atoms with Crippen LogP contribution in [0.3, 0.4) is 0 Å². The number of aryl methyl sites for hydroxylation is 1. The summed E-state index contributed by atoms with van der Waals surface area (Å²) in [5.41, 5.74) is 4.51. The molecule has 0 radical (unpaired) electrons. The number of halogens is 2. The molecule has 9 heteroatoms. The van der Waals surface area contributed by atoms with E-state index < -0.39 is 22.1 Å². The highest BCUT2D eigenvalue weighted by molar-refractivity contribution is 9.11. The number of amidine groups is 1. The topological polar surface area (TPSA) is 73.2 Å². The van der Waals surface area contributed by atoms with Crippen molar-refractivity contribution in [3.63, 3.8) is 0 Å². The highest BCUT2D eigenvalue weighted by Crippen LogP contribution is 2.45. The second-order valence-corrected chi connectivity index (χ2v) is 15.3. The molecule has 5 aromatic rings. The van der Waals surface area contributed by atoms with E-state index in [4.69, 9.17) is 4.99 Å². The molecule has 1 N–H and O–H groups in total. The summed E-state index contributed by atoms with van der Waals surface area (Å²) in [6, 6.07) is 39.2. The molecule has 1 aliphatic rings. The van der Waals surface area contributed by atoms with Crippen LogP contribution in [0.5, 0.6) is 5.75 Å². The van der Waals surface area contributed by atoms with Crippen molar-refractivity contribution < 1.29 is 13.5 Å². The van der Waals surface area contributed by atoms with Crippen molar-refractivity contribution in [1.29, 1.82) is 0 Å². The largest absolute Gasteiger partial charge is 0.506 e. The van der Waals surface area contributed by atoms with Gasteiger partial charge in [-0.05, 0) is 70.7 Å². The van der Waals surface area contributed by atoms with Gasteiger partial charge in [-0.25, -0.2) is 12.7 Å². The van der Waals surface area contributed by atoms with Gasteiger partial charge in [0.05, 0.1) is 22.0 Å². The lowest BCUT2D eigenvalue weighted by Crippen LogP contribution is -2.43. The van der Waals surface area contributed by atoms with Gasteiger partial charge in [0, 0.05) is 22.6 Å². The first-order valence-corrected chi connectivity index (χ1v) is 18.4. The van der Waals surface area contributed by atoms with Crippen molar-refractivity contribution in [3.8, 4) is 5.75 Å². The third-order valence-corrected chi connectivity index (χ3v) is 11.5. The summed E-state index contributed by atoms with van der Waals surface area (Å²) in [4.78, 5) is 7.63. The predicted molar refractivity (Wildman–Crippen MR) is 195 cm³/mol. The van der Waals surface area contributed by atoms with Crippen LogP contribution in [0.1, 0.15) is 52.9 Å². The molecular formula is C38H35Br2N3O3S. The van der Waals surface area contributed by atoms with Crippen LogP contribution in [0, 0.1) is 6.92 Å². The van der Waals surface area contributed by atoms with E-state index in [1.807, 2.05) is 104 Å². The second-order valence-electron chi connectivity index (χ2n) is 11.8. The zero-order valence-corrected chi connectivity index (χ0v) is 30.0. The van der Waals surface area contributed by atoms with Crippen molar-refractivity contribution in [3.05, 3.63) is 164 Å². The summed E-state index contributed by atoms with van der Waals surface area (Å²) >= 11 is 7.05. The highest BCUT2D eigenvalue weighted by Gasteiger charge is 2.45. The molecule has 6 nitrogen and oxygen atoms in total. The normalized spacial score (nSPS) is 17.1. The first-order valence-electron chi connectivity index (χ1n) is 15.4. The molecule has 0 saturated heterocycles. The van der Waals surface area contributed by atoms with Crippen molar-refractivity contribution in [2.45, 2.75) is 43.4 Å². The van der Waals surface area contributed by atoms with Crippen molar-refractivity contribution in [2.75, 3.05) is 6.54 Å². The van der Waals surface area contributed by atoms with Crippen molar-refractivity contribution in [2.24, 2.45) is 4.99 Å². The van der Waals surface area contributed by atoms with Gasteiger partial charge in [0.2, 0.25) is 0 Å². The number of hydrogen-bond donors (Lipinski definition) is 1. The molecule has 0 unspecified atom stereocenters. The molecule has 0 amide bonds. The average Bonchev–Trinajstić information content (AvgIpc) is 3.47. The third kappa shape index (κ3) is 7.09. The molecule has 47 heavy (non-hydrogen) atoms. The Bertz CT molecular complexity index is 1970. The van der Waals surface area contributed by atoms with Crippen LogP contribution in [0.25, 0.3) is 0 Å². The molecule has 0 saturated carbocycles. The Labute approximate surface area is 293 Å². The summed E-state index contributed by atoms with van der Waals surface area (Å²) in [6.07, 6.45) is 0. The lowest BCUT2D eigenvalue weighted by Gasteiger charge is -2.34. The van der Waals surface area contributed by atoms with Gasteiger partial charge in [0.25, 0.3) is 10.0 Å².